The van der Waals surface area contributed by atoms with E-state index in [0.717, 1.165) is 28.9 Å². The van der Waals surface area contributed by atoms with Gasteiger partial charge in [-0.1, -0.05) is 32.0 Å². The first-order chi connectivity index (χ1) is 17.3. The SMILES string of the molecule is CC.Cc1ccc(C=O)cc1-c1nc(NCCN(C)C)nc2c1CNC(=O)N2c1c(F)cccc1F. The first kappa shape index (κ1) is 26.7. The van der Waals surface area contributed by atoms with Crippen LogP contribution in [0, 0.1) is 18.6 Å². The number of halogens is 2. The molecule has 10 heteroatoms. The van der Waals surface area contributed by atoms with Gasteiger partial charge >= 0.3 is 6.03 Å². The molecule has 0 saturated carbocycles. The van der Waals surface area contributed by atoms with Crippen molar-refractivity contribution in [3.05, 3.63) is 64.7 Å². The summed E-state index contributed by atoms with van der Waals surface area (Å²) in [5.41, 5.74) is 2.36. The Balaban J connectivity index is 0.00000176. The number of anilines is 3. The van der Waals surface area contributed by atoms with Crippen LogP contribution in [0.4, 0.5) is 31.0 Å². The molecule has 2 heterocycles. The van der Waals surface area contributed by atoms with Gasteiger partial charge in [-0.25, -0.2) is 23.5 Å². The van der Waals surface area contributed by atoms with Gasteiger partial charge < -0.3 is 15.5 Å². The van der Waals surface area contributed by atoms with Crippen molar-refractivity contribution in [1.82, 2.24) is 20.2 Å². The van der Waals surface area contributed by atoms with Gasteiger partial charge in [0.25, 0.3) is 0 Å². The van der Waals surface area contributed by atoms with Gasteiger partial charge in [-0.3, -0.25) is 4.79 Å². The van der Waals surface area contributed by atoms with Gasteiger partial charge in [-0.2, -0.15) is 4.98 Å². The van der Waals surface area contributed by atoms with Crippen molar-refractivity contribution in [2.75, 3.05) is 37.4 Å². The summed E-state index contributed by atoms with van der Waals surface area (Å²) in [4.78, 5) is 36.3. The standard InChI is InChI=1S/C24H24F2N6O2.C2H6/c1-14-7-8-15(13-33)11-16(14)20-17-12-28-24(34)32(21-18(25)5-4-6-19(21)26)22(17)30-23(29-20)27-9-10-31(2)3;1-2/h4-8,11,13H,9-10,12H2,1-3H3,(H,28,34)(H,27,29,30);1-2H3. The van der Waals surface area contributed by atoms with Gasteiger partial charge in [0, 0.05) is 29.8 Å². The number of likely N-dealkylation sites (N-methyl/N-ethyl adjacent to an activating group) is 1. The van der Waals surface area contributed by atoms with E-state index in [1.165, 1.54) is 6.07 Å². The number of carbonyl (C=O) groups is 2. The van der Waals surface area contributed by atoms with Gasteiger partial charge in [0.05, 0.1) is 12.2 Å². The molecule has 1 aliphatic heterocycles. The second-order valence-corrected chi connectivity index (χ2v) is 8.18. The number of benzene rings is 2. The van der Waals surface area contributed by atoms with Gasteiger partial charge in [-0.05, 0) is 44.8 Å². The molecule has 2 amide bonds. The Hall–Kier alpha value is -3.92. The van der Waals surface area contributed by atoms with Crippen LogP contribution >= 0.6 is 0 Å². The molecule has 0 bridgehead atoms. The highest BCUT2D eigenvalue weighted by molar-refractivity contribution is 6.02. The number of aromatic nitrogens is 2. The molecule has 0 unspecified atom stereocenters. The van der Waals surface area contributed by atoms with Crippen LogP contribution in [-0.4, -0.2) is 54.4 Å². The van der Waals surface area contributed by atoms with Crippen molar-refractivity contribution in [2.45, 2.75) is 27.3 Å². The number of carbonyl (C=O) groups excluding carboxylic acids is 2. The summed E-state index contributed by atoms with van der Waals surface area (Å²) in [6, 6.07) is 7.86. The number of nitrogens with one attached hydrogen (secondary N) is 2. The number of nitrogens with zero attached hydrogens (tertiary/aromatic N) is 4. The van der Waals surface area contributed by atoms with E-state index in [1.54, 1.807) is 18.2 Å². The fourth-order valence-electron chi connectivity index (χ4n) is 3.73. The summed E-state index contributed by atoms with van der Waals surface area (Å²) in [7, 11) is 3.84. The summed E-state index contributed by atoms with van der Waals surface area (Å²) in [6.45, 7) is 7.10. The van der Waals surface area contributed by atoms with Crippen LogP contribution in [0.5, 0.6) is 0 Å². The van der Waals surface area contributed by atoms with Crippen LogP contribution < -0.4 is 15.5 Å². The highest BCUT2D eigenvalue weighted by atomic mass is 19.1. The molecule has 0 saturated heterocycles. The van der Waals surface area contributed by atoms with Gasteiger partial charge in [-0.15, -0.1) is 0 Å². The molecule has 190 valence electrons. The van der Waals surface area contributed by atoms with E-state index in [-0.39, 0.29) is 18.3 Å². The third-order valence-electron chi connectivity index (χ3n) is 5.47. The molecular weight excluding hydrogens is 466 g/mol. The Labute approximate surface area is 209 Å². The zero-order valence-corrected chi connectivity index (χ0v) is 21.0. The lowest BCUT2D eigenvalue weighted by atomic mass is 9.98. The number of hydrogen-bond donors (Lipinski definition) is 2. The number of amides is 2. The predicted molar refractivity (Wildman–Crippen MR) is 137 cm³/mol. The highest BCUT2D eigenvalue weighted by Gasteiger charge is 2.34. The molecule has 36 heavy (non-hydrogen) atoms. The van der Waals surface area contributed by atoms with Crippen molar-refractivity contribution in [1.29, 1.82) is 0 Å². The van der Waals surface area contributed by atoms with Crippen molar-refractivity contribution in [2.24, 2.45) is 0 Å². The number of para-hydroxylation sites is 1. The Morgan fingerprint density at radius 3 is 2.47 bits per heavy atom. The van der Waals surface area contributed by atoms with E-state index in [4.69, 9.17) is 0 Å². The first-order valence-electron chi connectivity index (χ1n) is 11.7. The minimum absolute atomic E-state index is 0.0544. The zero-order chi connectivity index (χ0) is 26.4. The molecule has 3 aromatic rings. The fraction of sp³-hybridized carbons (Fsp3) is 0.308. The second kappa shape index (κ2) is 11.7. The molecule has 2 aromatic carbocycles. The smallest absolute Gasteiger partial charge is 0.328 e. The zero-order valence-electron chi connectivity index (χ0n) is 21.0. The number of fused-ring (bicyclic) bond motifs is 1. The van der Waals surface area contributed by atoms with E-state index in [0.29, 0.717) is 35.5 Å². The summed E-state index contributed by atoms with van der Waals surface area (Å²) in [5, 5.41) is 5.78. The van der Waals surface area contributed by atoms with Crippen LogP contribution in [0.2, 0.25) is 0 Å². The quantitative estimate of drug-likeness (QED) is 0.452. The summed E-state index contributed by atoms with van der Waals surface area (Å²) in [5.74, 6) is -1.53. The molecule has 0 fully saturated rings. The summed E-state index contributed by atoms with van der Waals surface area (Å²) < 4.78 is 29.4. The lowest BCUT2D eigenvalue weighted by Gasteiger charge is -2.31. The molecule has 0 aliphatic carbocycles. The third kappa shape index (κ3) is 5.49. The maximum atomic E-state index is 14.7. The van der Waals surface area contributed by atoms with E-state index < -0.39 is 23.4 Å². The summed E-state index contributed by atoms with van der Waals surface area (Å²) >= 11 is 0. The average Bonchev–Trinajstić information content (AvgIpc) is 2.86. The molecule has 0 spiro atoms. The number of hydrogen-bond acceptors (Lipinski definition) is 6. The second-order valence-electron chi connectivity index (χ2n) is 8.18. The van der Waals surface area contributed by atoms with Gasteiger partial charge in [0.15, 0.2) is 5.82 Å². The topological polar surface area (TPSA) is 90.5 Å². The van der Waals surface area contributed by atoms with E-state index in [2.05, 4.69) is 20.6 Å². The van der Waals surface area contributed by atoms with Crippen LogP contribution in [0.1, 0.15) is 35.3 Å². The lowest BCUT2D eigenvalue weighted by molar-refractivity contribution is 0.112. The van der Waals surface area contributed by atoms with Crippen molar-refractivity contribution < 1.29 is 18.4 Å². The Kier molecular flexibility index (Phi) is 8.65. The number of rotatable bonds is 7. The molecule has 1 aromatic heterocycles. The number of urea groups is 1. The van der Waals surface area contributed by atoms with Crippen molar-refractivity contribution in [3.63, 3.8) is 0 Å². The Bertz CT molecular complexity index is 1250. The first-order valence-corrected chi connectivity index (χ1v) is 11.7. The van der Waals surface area contributed by atoms with E-state index in [1.807, 2.05) is 39.8 Å². The molecule has 2 N–H and O–H groups in total. The molecule has 1 aliphatic rings. The van der Waals surface area contributed by atoms with Crippen molar-refractivity contribution in [3.8, 4) is 11.3 Å². The van der Waals surface area contributed by atoms with E-state index >= 15 is 0 Å². The normalized spacial score (nSPS) is 12.4. The van der Waals surface area contributed by atoms with Crippen LogP contribution in [0.15, 0.2) is 36.4 Å². The Morgan fingerprint density at radius 2 is 1.83 bits per heavy atom. The average molecular weight is 497 g/mol. The maximum Gasteiger partial charge on any atom is 0.328 e. The van der Waals surface area contributed by atoms with E-state index in [9.17, 15) is 18.4 Å². The largest absolute Gasteiger partial charge is 0.353 e. The molecular formula is C26H30F2N6O2. The minimum atomic E-state index is -0.899. The third-order valence-corrected chi connectivity index (χ3v) is 5.47. The number of aldehydes is 1. The molecule has 4 rings (SSSR count). The highest BCUT2D eigenvalue weighted by Crippen LogP contribution is 2.39. The van der Waals surface area contributed by atoms with Crippen LogP contribution in [0.3, 0.4) is 0 Å². The number of aryl methyl sites for hydroxylation is 1. The fourth-order valence-corrected chi connectivity index (χ4v) is 3.73. The van der Waals surface area contributed by atoms with Crippen molar-refractivity contribution >= 4 is 29.8 Å². The maximum absolute atomic E-state index is 14.7. The molecule has 8 nitrogen and oxygen atoms in total. The predicted octanol–water partition coefficient (Wildman–Crippen LogP) is 4.90. The minimum Gasteiger partial charge on any atom is -0.353 e. The Morgan fingerprint density at radius 1 is 1.14 bits per heavy atom. The molecule has 0 radical (unpaired) electrons. The van der Waals surface area contributed by atoms with Crippen LogP contribution in [0.25, 0.3) is 11.3 Å². The van der Waals surface area contributed by atoms with Gasteiger partial charge in [0.1, 0.15) is 23.6 Å². The van der Waals surface area contributed by atoms with Gasteiger partial charge in [0.2, 0.25) is 5.95 Å². The summed E-state index contributed by atoms with van der Waals surface area (Å²) in [6.07, 6.45) is 0.732. The molecule has 0 atom stereocenters. The monoisotopic (exact) mass is 496 g/mol. The lowest BCUT2D eigenvalue weighted by Crippen LogP contribution is -2.43. The van der Waals surface area contributed by atoms with Crippen LogP contribution in [-0.2, 0) is 6.54 Å².